The number of nitrogens with zero attached hydrogens (tertiary/aromatic N) is 1. The number of rotatable bonds is 6. The van der Waals surface area contributed by atoms with Crippen LogP contribution in [0.1, 0.15) is 5.56 Å². The van der Waals surface area contributed by atoms with Crippen molar-refractivity contribution in [2.45, 2.75) is 11.4 Å². The van der Waals surface area contributed by atoms with Gasteiger partial charge in [-0.3, -0.25) is 4.79 Å². The van der Waals surface area contributed by atoms with Crippen LogP contribution in [0.5, 0.6) is 11.5 Å². The third-order valence-electron chi connectivity index (χ3n) is 4.96. The lowest BCUT2D eigenvalue weighted by atomic mass is 10.2. The number of carbonyl (C=O) groups excluding carboxylic acids is 1. The first-order valence-corrected chi connectivity index (χ1v) is 10.7. The number of amides is 1. The molecule has 3 aromatic carbocycles. The highest BCUT2D eigenvalue weighted by molar-refractivity contribution is 8.00. The highest BCUT2D eigenvalue weighted by Crippen LogP contribution is 2.34. The number of thioether (sulfide) groups is 1. The molecule has 0 saturated carbocycles. The first-order chi connectivity index (χ1) is 14.8. The highest BCUT2D eigenvalue weighted by atomic mass is 32.2. The van der Waals surface area contributed by atoms with E-state index >= 15 is 0 Å². The molecule has 2 heterocycles. The van der Waals surface area contributed by atoms with Crippen molar-refractivity contribution in [1.82, 2.24) is 4.57 Å². The van der Waals surface area contributed by atoms with Crippen molar-refractivity contribution in [3.05, 3.63) is 84.6 Å². The topological polar surface area (TPSA) is 52.5 Å². The van der Waals surface area contributed by atoms with E-state index in [4.69, 9.17) is 9.47 Å². The van der Waals surface area contributed by atoms with Crippen LogP contribution in [-0.4, -0.2) is 23.0 Å². The van der Waals surface area contributed by atoms with E-state index in [9.17, 15) is 4.79 Å². The van der Waals surface area contributed by atoms with E-state index in [0.29, 0.717) is 22.9 Å². The number of nitrogens with one attached hydrogen (secondary N) is 1. The van der Waals surface area contributed by atoms with Gasteiger partial charge in [-0.25, -0.2) is 0 Å². The van der Waals surface area contributed by atoms with E-state index in [1.54, 1.807) is 17.8 Å². The second kappa shape index (κ2) is 8.16. The Hall–Kier alpha value is -3.38. The number of fused-ring (bicyclic) bond motifs is 2. The Morgan fingerprint density at radius 3 is 2.67 bits per heavy atom. The minimum absolute atomic E-state index is 0.0567. The smallest absolute Gasteiger partial charge is 0.234 e. The van der Waals surface area contributed by atoms with Crippen LogP contribution in [0.2, 0.25) is 0 Å². The second-order valence-electron chi connectivity index (χ2n) is 7.03. The Balaban J connectivity index is 1.30. The van der Waals surface area contributed by atoms with Crippen LogP contribution in [-0.2, 0) is 11.3 Å². The summed E-state index contributed by atoms with van der Waals surface area (Å²) in [6.45, 7) is 1.01. The molecule has 5 rings (SSSR count). The minimum atomic E-state index is -0.0567. The predicted molar refractivity (Wildman–Crippen MR) is 119 cm³/mol. The maximum absolute atomic E-state index is 12.5. The van der Waals surface area contributed by atoms with E-state index in [0.717, 1.165) is 16.8 Å². The molecular weight excluding hydrogens is 396 g/mol. The Bertz CT molecular complexity index is 1200. The summed E-state index contributed by atoms with van der Waals surface area (Å²) in [7, 11) is 0. The van der Waals surface area contributed by atoms with Crippen LogP contribution in [0, 0.1) is 0 Å². The van der Waals surface area contributed by atoms with Crippen molar-refractivity contribution < 1.29 is 14.3 Å². The van der Waals surface area contributed by atoms with Crippen molar-refractivity contribution >= 4 is 34.3 Å². The molecule has 30 heavy (non-hydrogen) atoms. The third kappa shape index (κ3) is 3.86. The molecule has 0 spiro atoms. The van der Waals surface area contributed by atoms with Crippen molar-refractivity contribution in [2.75, 3.05) is 17.9 Å². The number of anilines is 1. The first kappa shape index (κ1) is 18.6. The second-order valence-corrected chi connectivity index (χ2v) is 8.05. The van der Waals surface area contributed by atoms with Crippen molar-refractivity contribution in [3.8, 4) is 11.5 Å². The summed E-state index contributed by atoms with van der Waals surface area (Å²) < 4.78 is 12.9. The van der Waals surface area contributed by atoms with E-state index in [1.165, 1.54) is 11.1 Å². The molecule has 1 aliphatic heterocycles. The number of ether oxygens (including phenoxy) is 2. The fourth-order valence-corrected chi connectivity index (χ4v) is 4.44. The van der Waals surface area contributed by atoms with Gasteiger partial charge >= 0.3 is 0 Å². The van der Waals surface area contributed by atoms with Gasteiger partial charge in [-0.15, -0.1) is 11.8 Å². The van der Waals surface area contributed by atoms with Gasteiger partial charge in [-0.1, -0.05) is 48.5 Å². The van der Waals surface area contributed by atoms with Gasteiger partial charge in [0.1, 0.15) is 0 Å². The molecule has 1 amide bonds. The number of benzene rings is 3. The lowest BCUT2D eigenvalue weighted by Gasteiger charge is -2.06. The van der Waals surface area contributed by atoms with Crippen LogP contribution in [0.4, 0.5) is 5.69 Å². The SMILES string of the molecule is O=C(CSc1cn(Cc2ccccc2)c2ccccc12)Nc1ccc2c(c1)OCO2. The van der Waals surface area contributed by atoms with Gasteiger partial charge in [0.2, 0.25) is 12.7 Å². The summed E-state index contributed by atoms with van der Waals surface area (Å²) in [6.07, 6.45) is 2.14. The fraction of sp³-hybridized carbons (Fsp3) is 0.125. The molecule has 1 N–H and O–H groups in total. The third-order valence-corrected chi connectivity index (χ3v) is 6.01. The predicted octanol–water partition coefficient (Wildman–Crippen LogP) is 5.15. The molecule has 0 saturated heterocycles. The molecule has 0 fully saturated rings. The minimum Gasteiger partial charge on any atom is -0.454 e. The monoisotopic (exact) mass is 416 g/mol. The molecule has 0 radical (unpaired) electrons. The maximum Gasteiger partial charge on any atom is 0.234 e. The molecule has 4 aromatic rings. The molecule has 1 aliphatic rings. The van der Waals surface area contributed by atoms with Crippen molar-refractivity contribution in [1.29, 1.82) is 0 Å². The molecule has 0 aliphatic carbocycles. The molecule has 0 bridgehead atoms. The van der Waals surface area contributed by atoms with Gasteiger partial charge in [0, 0.05) is 40.3 Å². The first-order valence-electron chi connectivity index (χ1n) is 9.70. The zero-order valence-corrected chi connectivity index (χ0v) is 17.0. The van der Waals surface area contributed by atoms with Crippen LogP contribution in [0.25, 0.3) is 10.9 Å². The zero-order valence-electron chi connectivity index (χ0n) is 16.2. The zero-order chi connectivity index (χ0) is 20.3. The van der Waals surface area contributed by atoms with Crippen LogP contribution in [0.15, 0.2) is 83.9 Å². The summed E-state index contributed by atoms with van der Waals surface area (Å²) in [5.74, 6) is 1.63. The van der Waals surface area contributed by atoms with Gasteiger partial charge in [-0.2, -0.15) is 0 Å². The van der Waals surface area contributed by atoms with Gasteiger partial charge in [0.05, 0.1) is 5.75 Å². The van der Waals surface area contributed by atoms with E-state index in [-0.39, 0.29) is 12.7 Å². The Morgan fingerprint density at radius 1 is 0.967 bits per heavy atom. The molecule has 5 nitrogen and oxygen atoms in total. The average Bonchev–Trinajstić information content (AvgIpc) is 3.38. The average molecular weight is 417 g/mol. The lowest BCUT2D eigenvalue weighted by Crippen LogP contribution is -2.13. The van der Waals surface area contributed by atoms with E-state index in [1.807, 2.05) is 30.3 Å². The standard InChI is InChI=1S/C24H20N2O3S/c27-24(25-18-10-11-21-22(12-18)29-16-28-21)15-30-23-14-26(13-17-6-2-1-3-7-17)20-9-5-4-8-19(20)23/h1-12,14H,13,15-16H2,(H,25,27). The number of aromatic nitrogens is 1. The Morgan fingerprint density at radius 2 is 1.77 bits per heavy atom. The largest absolute Gasteiger partial charge is 0.454 e. The highest BCUT2D eigenvalue weighted by Gasteiger charge is 2.15. The number of para-hydroxylation sites is 1. The summed E-state index contributed by atoms with van der Waals surface area (Å²) in [5.41, 5.74) is 3.12. The Kier molecular flexibility index (Phi) is 5.07. The summed E-state index contributed by atoms with van der Waals surface area (Å²) >= 11 is 1.55. The Labute approximate surface area is 178 Å². The fourth-order valence-electron chi connectivity index (χ4n) is 3.55. The van der Waals surface area contributed by atoms with Crippen molar-refractivity contribution in [3.63, 3.8) is 0 Å². The van der Waals surface area contributed by atoms with Gasteiger partial charge in [0.25, 0.3) is 0 Å². The molecule has 150 valence electrons. The van der Waals surface area contributed by atoms with Gasteiger partial charge in [-0.05, 0) is 23.8 Å². The molecule has 6 heteroatoms. The maximum atomic E-state index is 12.5. The van der Waals surface area contributed by atoms with Crippen LogP contribution >= 0.6 is 11.8 Å². The molecule has 0 atom stereocenters. The number of hydrogen-bond donors (Lipinski definition) is 1. The molecular formula is C24H20N2O3S. The molecule has 1 aromatic heterocycles. The number of carbonyl (C=O) groups is 1. The lowest BCUT2D eigenvalue weighted by molar-refractivity contribution is -0.113. The van der Waals surface area contributed by atoms with E-state index < -0.39 is 0 Å². The summed E-state index contributed by atoms with van der Waals surface area (Å²) in [5, 5.41) is 4.10. The van der Waals surface area contributed by atoms with Crippen LogP contribution in [0.3, 0.4) is 0 Å². The van der Waals surface area contributed by atoms with Crippen LogP contribution < -0.4 is 14.8 Å². The normalized spacial score (nSPS) is 12.3. The van der Waals surface area contributed by atoms with Crippen molar-refractivity contribution in [2.24, 2.45) is 0 Å². The van der Waals surface area contributed by atoms with Gasteiger partial charge in [0.15, 0.2) is 11.5 Å². The summed E-state index contributed by atoms with van der Waals surface area (Å²) in [4.78, 5) is 13.6. The molecule has 0 unspecified atom stereocenters. The van der Waals surface area contributed by atoms with E-state index in [2.05, 4.69) is 52.5 Å². The number of hydrogen-bond acceptors (Lipinski definition) is 4. The van der Waals surface area contributed by atoms with Gasteiger partial charge < -0.3 is 19.4 Å². The summed E-state index contributed by atoms with van der Waals surface area (Å²) in [6, 6.07) is 24.1. The quantitative estimate of drug-likeness (QED) is 0.442.